The van der Waals surface area contributed by atoms with E-state index in [0.29, 0.717) is 24.0 Å². The van der Waals surface area contributed by atoms with Crippen LogP contribution in [-0.4, -0.2) is 12.6 Å². The third-order valence-corrected chi connectivity index (χ3v) is 3.88. The maximum absolute atomic E-state index is 11.8. The van der Waals surface area contributed by atoms with Crippen molar-refractivity contribution in [2.75, 3.05) is 6.61 Å². The highest BCUT2D eigenvalue weighted by atomic mass is 16.5. The second kappa shape index (κ2) is 7.32. The number of hydrogen-bond donors (Lipinski definition) is 0. The molecule has 0 saturated heterocycles. The molecule has 0 heterocycles. The van der Waals surface area contributed by atoms with Crippen molar-refractivity contribution in [2.45, 2.75) is 59.3 Å². The van der Waals surface area contributed by atoms with Crippen molar-refractivity contribution in [2.24, 2.45) is 0 Å². The van der Waals surface area contributed by atoms with Gasteiger partial charge >= 0.3 is 5.97 Å². The lowest BCUT2D eigenvalue weighted by Crippen LogP contribution is -2.08. The van der Waals surface area contributed by atoms with Crippen LogP contribution in [0.1, 0.15) is 80.8 Å². The van der Waals surface area contributed by atoms with E-state index in [9.17, 15) is 4.79 Å². The van der Waals surface area contributed by atoms with Crippen molar-refractivity contribution in [3.8, 4) is 0 Å². The summed E-state index contributed by atoms with van der Waals surface area (Å²) in [5.74, 6) is 0.779. The molecule has 1 aromatic carbocycles. The summed E-state index contributed by atoms with van der Waals surface area (Å²) in [6.45, 7) is 11.1. The van der Waals surface area contributed by atoms with Gasteiger partial charge in [-0.15, -0.1) is 0 Å². The van der Waals surface area contributed by atoms with Gasteiger partial charge in [-0.25, -0.2) is 4.79 Å². The highest BCUT2D eigenvalue weighted by Crippen LogP contribution is 2.31. The molecule has 0 bridgehead atoms. The fourth-order valence-electron chi connectivity index (χ4n) is 2.23. The van der Waals surface area contributed by atoms with E-state index in [1.54, 1.807) is 0 Å². The number of hydrogen-bond acceptors (Lipinski definition) is 2. The Bertz CT molecular complexity index is 423. The van der Waals surface area contributed by atoms with Gasteiger partial charge in [-0.1, -0.05) is 33.8 Å². The first-order valence-corrected chi connectivity index (χ1v) is 7.35. The predicted octanol–water partition coefficient (Wildman–Crippen LogP) is 4.89. The Morgan fingerprint density at radius 3 is 2.16 bits per heavy atom. The van der Waals surface area contributed by atoms with Crippen LogP contribution >= 0.6 is 0 Å². The predicted molar refractivity (Wildman–Crippen MR) is 79.8 cm³/mol. The lowest BCUT2D eigenvalue weighted by molar-refractivity contribution is 0.0526. The molecule has 0 fully saturated rings. The summed E-state index contributed by atoms with van der Waals surface area (Å²) in [6, 6.07) is 6.01. The van der Waals surface area contributed by atoms with Crippen LogP contribution in [0.5, 0.6) is 0 Å². The molecule has 0 saturated carbocycles. The van der Waals surface area contributed by atoms with Gasteiger partial charge < -0.3 is 4.74 Å². The lowest BCUT2D eigenvalue weighted by Gasteiger charge is -2.20. The molecule has 0 spiro atoms. The summed E-state index contributed by atoms with van der Waals surface area (Å²) in [5.41, 5.74) is 3.33. The first-order chi connectivity index (χ1) is 9.04. The molecule has 2 heteroatoms. The highest BCUT2D eigenvalue weighted by Gasteiger charge is 2.16. The van der Waals surface area contributed by atoms with Crippen LogP contribution in [0.15, 0.2) is 18.2 Å². The van der Waals surface area contributed by atoms with Crippen molar-refractivity contribution < 1.29 is 9.53 Å². The Balaban J connectivity index is 3.18. The van der Waals surface area contributed by atoms with Crippen LogP contribution in [0.3, 0.4) is 0 Å². The second-order valence-corrected chi connectivity index (χ2v) is 5.18. The fraction of sp³-hybridized carbons (Fsp3) is 0.588. The van der Waals surface area contributed by atoms with E-state index < -0.39 is 0 Å². The first-order valence-electron chi connectivity index (χ1n) is 7.35. The molecule has 2 unspecified atom stereocenters. The maximum atomic E-state index is 11.8. The number of carbonyl (C=O) groups is 1. The van der Waals surface area contributed by atoms with E-state index in [-0.39, 0.29) is 5.97 Å². The minimum Gasteiger partial charge on any atom is -0.462 e. The summed E-state index contributed by atoms with van der Waals surface area (Å²) in [4.78, 5) is 11.8. The quantitative estimate of drug-likeness (QED) is 0.682. The average molecular weight is 262 g/mol. The van der Waals surface area contributed by atoms with Crippen molar-refractivity contribution in [1.29, 1.82) is 0 Å². The van der Waals surface area contributed by atoms with Crippen LogP contribution < -0.4 is 0 Å². The largest absolute Gasteiger partial charge is 0.462 e. The van der Waals surface area contributed by atoms with Gasteiger partial charge in [-0.3, -0.25) is 0 Å². The standard InChI is InChI=1S/C17H26O2/c1-6-12(4)15-10-9-14(17(18)19-8-3)11-16(15)13(5)7-2/h9-13H,6-8H2,1-5H3. The Morgan fingerprint density at radius 2 is 1.63 bits per heavy atom. The van der Waals surface area contributed by atoms with Crippen LogP contribution in [0.4, 0.5) is 0 Å². The Morgan fingerprint density at radius 1 is 1.05 bits per heavy atom. The minimum absolute atomic E-state index is 0.220. The normalized spacial score (nSPS) is 13.9. The van der Waals surface area contributed by atoms with Crippen molar-refractivity contribution >= 4 is 5.97 Å². The number of benzene rings is 1. The van der Waals surface area contributed by atoms with Gasteiger partial charge in [0.15, 0.2) is 0 Å². The van der Waals surface area contributed by atoms with Crippen LogP contribution in [0, 0.1) is 0 Å². The van der Waals surface area contributed by atoms with Gasteiger partial charge in [-0.05, 0) is 54.9 Å². The second-order valence-electron chi connectivity index (χ2n) is 5.18. The van der Waals surface area contributed by atoms with Crippen LogP contribution in [-0.2, 0) is 4.74 Å². The van der Waals surface area contributed by atoms with Crippen molar-refractivity contribution in [3.63, 3.8) is 0 Å². The number of carbonyl (C=O) groups excluding carboxylic acids is 1. The summed E-state index contributed by atoms with van der Waals surface area (Å²) in [5, 5.41) is 0. The molecule has 2 nitrogen and oxygen atoms in total. The minimum atomic E-state index is -0.220. The third-order valence-electron chi connectivity index (χ3n) is 3.88. The molecule has 106 valence electrons. The molecule has 0 amide bonds. The van der Waals surface area contributed by atoms with Gasteiger partial charge in [0.1, 0.15) is 0 Å². The third kappa shape index (κ3) is 3.82. The van der Waals surface area contributed by atoms with Crippen molar-refractivity contribution in [3.05, 3.63) is 34.9 Å². The van der Waals surface area contributed by atoms with E-state index in [4.69, 9.17) is 4.74 Å². The molecule has 0 N–H and O–H groups in total. The van der Waals surface area contributed by atoms with Gasteiger partial charge in [0.05, 0.1) is 12.2 Å². The number of rotatable bonds is 6. The molecule has 0 aliphatic carbocycles. The molecule has 1 aromatic rings. The van der Waals surface area contributed by atoms with E-state index in [1.807, 2.05) is 19.1 Å². The smallest absolute Gasteiger partial charge is 0.338 e. The number of esters is 1. The Labute approximate surface area is 117 Å². The molecule has 2 atom stereocenters. The monoisotopic (exact) mass is 262 g/mol. The van der Waals surface area contributed by atoms with Crippen molar-refractivity contribution in [1.82, 2.24) is 0 Å². The summed E-state index contributed by atoms with van der Waals surface area (Å²) < 4.78 is 5.08. The maximum Gasteiger partial charge on any atom is 0.338 e. The molecule has 0 radical (unpaired) electrons. The average Bonchev–Trinajstić information content (AvgIpc) is 2.45. The van der Waals surface area contributed by atoms with E-state index in [1.165, 1.54) is 11.1 Å². The Kier molecular flexibility index (Phi) is 6.07. The molecule has 0 aliphatic heterocycles. The molecule has 0 aromatic heterocycles. The van der Waals surface area contributed by atoms with E-state index in [2.05, 4.69) is 33.8 Å². The van der Waals surface area contributed by atoms with Gasteiger partial charge in [0, 0.05) is 0 Å². The zero-order valence-corrected chi connectivity index (χ0v) is 12.8. The van der Waals surface area contributed by atoms with Gasteiger partial charge in [0.25, 0.3) is 0 Å². The molecule has 0 aliphatic rings. The molecule has 1 rings (SSSR count). The zero-order chi connectivity index (χ0) is 14.4. The first kappa shape index (κ1) is 15.7. The van der Waals surface area contributed by atoms with E-state index >= 15 is 0 Å². The molecular weight excluding hydrogens is 236 g/mol. The lowest BCUT2D eigenvalue weighted by atomic mass is 9.85. The van der Waals surface area contributed by atoms with Gasteiger partial charge in [-0.2, -0.15) is 0 Å². The zero-order valence-electron chi connectivity index (χ0n) is 12.8. The topological polar surface area (TPSA) is 26.3 Å². The van der Waals surface area contributed by atoms with Crippen LogP contribution in [0.25, 0.3) is 0 Å². The Hall–Kier alpha value is -1.31. The fourth-order valence-corrected chi connectivity index (χ4v) is 2.23. The molecular formula is C17H26O2. The van der Waals surface area contributed by atoms with Gasteiger partial charge in [0.2, 0.25) is 0 Å². The van der Waals surface area contributed by atoms with Crippen LogP contribution in [0.2, 0.25) is 0 Å². The highest BCUT2D eigenvalue weighted by molar-refractivity contribution is 5.89. The number of ether oxygens (including phenoxy) is 1. The summed E-state index contributed by atoms with van der Waals surface area (Å²) >= 11 is 0. The SMILES string of the molecule is CCOC(=O)c1ccc(C(C)CC)c(C(C)CC)c1. The summed E-state index contributed by atoms with van der Waals surface area (Å²) in [7, 11) is 0. The summed E-state index contributed by atoms with van der Waals surface area (Å²) in [6.07, 6.45) is 2.19. The van der Waals surface area contributed by atoms with E-state index in [0.717, 1.165) is 12.8 Å². The molecule has 19 heavy (non-hydrogen) atoms.